The molecule has 2 aromatic rings. The predicted octanol–water partition coefficient (Wildman–Crippen LogP) is 3.65. The van der Waals surface area contributed by atoms with Crippen molar-refractivity contribution in [3.63, 3.8) is 0 Å². The molecule has 5 heteroatoms. The highest BCUT2D eigenvalue weighted by Crippen LogP contribution is 2.32. The van der Waals surface area contributed by atoms with Gasteiger partial charge < -0.3 is 9.47 Å². The molecule has 5 nitrogen and oxygen atoms in total. The zero-order valence-corrected chi connectivity index (χ0v) is 15.4. The average molecular weight is 328 g/mol. The third-order valence-corrected chi connectivity index (χ3v) is 4.91. The van der Waals surface area contributed by atoms with Gasteiger partial charge in [0.25, 0.3) is 5.91 Å². The van der Waals surface area contributed by atoms with Crippen molar-refractivity contribution in [2.45, 2.75) is 58.5 Å². The molecule has 0 aromatic carbocycles. The quantitative estimate of drug-likeness (QED) is 0.844. The number of aromatic nitrogens is 3. The maximum atomic E-state index is 13.2. The Morgan fingerprint density at radius 3 is 2.62 bits per heavy atom. The Morgan fingerprint density at radius 2 is 2.04 bits per heavy atom. The van der Waals surface area contributed by atoms with E-state index in [1.54, 1.807) is 0 Å². The van der Waals surface area contributed by atoms with Crippen molar-refractivity contribution in [1.82, 2.24) is 19.2 Å². The standard InChI is InChI=1S/C19H28N4O/c1-14-15(13-23(20-14)19(2,3)4)18(24)22-12-7-6-9-17(22)16-10-8-11-21(16)5/h8,10-11,13,17H,6-7,9,12H2,1-5H3/t17-/m0/s1. The van der Waals surface area contributed by atoms with Crippen LogP contribution < -0.4 is 0 Å². The van der Waals surface area contributed by atoms with E-state index in [9.17, 15) is 4.79 Å². The lowest BCUT2D eigenvalue weighted by Crippen LogP contribution is -2.39. The van der Waals surface area contributed by atoms with Crippen LogP contribution in [-0.2, 0) is 12.6 Å². The highest BCUT2D eigenvalue weighted by Gasteiger charge is 2.32. The van der Waals surface area contributed by atoms with Crippen molar-refractivity contribution in [2.75, 3.05) is 6.54 Å². The molecule has 0 spiro atoms. The molecule has 1 amide bonds. The van der Waals surface area contributed by atoms with Crippen molar-refractivity contribution in [1.29, 1.82) is 0 Å². The highest BCUT2D eigenvalue weighted by molar-refractivity contribution is 5.95. The topological polar surface area (TPSA) is 43.1 Å². The summed E-state index contributed by atoms with van der Waals surface area (Å²) in [6, 6.07) is 4.33. The smallest absolute Gasteiger partial charge is 0.257 e. The number of piperidine rings is 1. The van der Waals surface area contributed by atoms with Crippen LogP contribution in [0.1, 0.15) is 67.8 Å². The fraction of sp³-hybridized carbons (Fsp3) is 0.579. The van der Waals surface area contributed by atoms with E-state index in [1.807, 2.05) is 22.7 Å². The fourth-order valence-corrected chi connectivity index (χ4v) is 3.47. The summed E-state index contributed by atoms with van der Waals surface area (Å²) >= 11 is 0. The molecule has 0 saturated carbocycles. The summed E-state index contributed by atoms with van der Waals surface area (Å²) in [5, 5.41) is 4.57. The van der Waals surface area contributed by atoms with Gasteiger partial charge in [-0.3, -0.25) is 9.48 Å². The Bertz CT molecular complexity index is 735. The number of aryl methyl sites for hydroxylation is 2. The molecule has 0 bridgehead atoms. The van der Waals surface area contributed by atoms with Gasteiger partial charge in [0.05, 0.1) is 22.8 Å². The van der Waals surface area contributed by atoms with Gasteiger partial charge in [-0.15, -0.1) is 0 Å². The molecule has 2 aromatic heterocycles. The van der Waals surface area contributed by atoms with Crippen molar-refractivity contribution in [3.05, 3.63) is 41.5 Å². The van der Waals surface area contributed by atoms with Crippen LogP contribution in [0.25, 0.3) is 0 Å². The summed E-state index contributed by atoms with van der Waals surface area (Å²) in [5.74, 6) is 0.105. The molecule has 0 radical (unpaired) electrons. The first-order chi connectivity index (χ1) is 11.3. The monoisotopic (exact) mass is 328 g/mol. The average Bonchev–Trinajstić information content (AvgIpc) is 3.12. The predicted molar refractivity (Wildman–Crippen MR) is 95.0 cm³/mol. The Labute approximate surface area is 144 Å². The van der Waals surface area contributed by atoms with E-state index in [0.29, 0.717) is 0 Å². The number of carbonyl (C=O) groups is 1. The molecule has 0 aliphatic carbocycles. The first-order valence-corrected chi connectivity index (χ1v) is 8.78. The number of amides is 1. The van der Waals surface area contributed by atoms with Crippen LogP contribution in [0, 0.1) is 6.92 Å². The van der Waals surface area contributed by atoms with Crippen LogP contribution in [0.2, 0.25) is 0 Å². The summed E-state index contributed by atoms with van der Waals surface area (Å²) < 4.78 is 4.03. The number of carbonyl (C=O) groups excluding carboxylic acids is 1. The van der Waals surface area contributed by atoms with Gasteiger partial charge in [0.1, 0.15) is 0 Å². The van der Waals surface area contributed by atoms with E-state index in [0.717, 1.165) is 30.6 Å². The third kappa shape index (κ3) is 2.99. The second-order valence-electron chi connectivity index (χ2n) is 7.80. The molecule has 0 unspecified atom stereocenters. The first-order valence-electron chi connectivity index (χ1n) is 8.78. The molecule has 3 heterocycles. The number of nitrogens with zero attached hydrogens (tertiary/aromatic N) is 4. The summed E-state index contributed by atoms with van der Waals surface area (Å²) in [4.78, 5) is 15.3. The minimum Gasteiger partial charge on any atom is -0.353 e. The van der Waals surface area contributed by atoms with Crippen molar-refractivity contribution in [2.24, 2.45) is 7.05 Å². The Morgan fingerprint density at radius 1 is 1.29 bits per heavy atom. The molecule has 1 saturated heterocycles. The normalized spacial score (nSPS) is 18.9. The summed E-state index contributed by atoms with van der Waals surface area (Å²) in [7, 11) is 2.05. The van der Waals surface area contributed by atoms with Crippen LogP contribution in [0.5, 0.6) is 0 Å². The minimum absolute atomic E-state index is 0.105. The van der Waals surface area contributed by atoms with Gasteiger partial charge in [-0.05, 0) is 59.1 Å². The van der Waals surface area contributed by atoms with Gasteiger partial charge in [0.15, 0.2) is 0 Å². The number of hydrogen-bond acceptors (Lipinski definition) is 2. The Kier molecular flexibility index (Phi) is 4.28. The van der Waals surface area contributed by atoms with Crippen LogP contribution in [0.4, 0.5) is 0 Å². The van der Waals surface area contributed by atoms with Crippen LogP contribution >= 0.6 is 0 Å². The van der Waals surface area contributed by atoms with Crippen molar-refractivity contribution in [3.8, 4) is 0 Å². The summed E-state index contributed by atoms with van der Waals surface area (Å²) in [5.41, 5.74) is 2.63. The zero-order valence-electron chi connectivity index (χ0n) is 15.4. The van der Waals surface area contributed by atoms with Gasteiger partial charge in [-0.2, -0.15) is 5.10 Å². The number of hydrogen-bond donors (Lipinski definition) is 0. The van der Waals surface area contributed by atoms with Gasteiger partial charge in [-0.1, -0.05) is 0 Å². The van der Waals surface area contributed by atoms with Crippen LogP contribution in [-0.4, -0.2) is 31.7 Å². The lowest BCUT2D eigenvalue weighted by molar-refractivity contribution is 0.0601. The lowest BCUT2D eigenvalue weighted by Gasteiger charge is -2.36. The van der Waals surface area contributed by atoms with Gasteiger partial charge in [-0.25, -0.2) is 0 Å². The van der Waals surface area contributed by atoms with Gasteiger partial charge >= 0.3 is 0 Å². The molecular formula is C19H28N4O. The van der Waals surface area contributed by atoms with E-state index in [-0.39, 0.29) is 17.5 Å². The molecule has 3 rings (SSSR count). The lowest BCUT2D eigenvalue weighted by atomic mass is 9.98. The van der Waals surface area contributed by atoms with Crippen LogP contribution in [0.15, 0.2) is 24.5 Å². The third-order valence-electron chi connectivity index (χ3n) is 4.91. The van der Waals surface area contributed by atoms with Crippen LogP contribution in [0.3, 0.4) is 0 Å². The number of rotatable bonds is 2. The van der Waals surface area contributed by atoms with Gasteiger partial charge in [0.2, 0.25) is 0 Å². The van der Waals surface area contributed by atoms with E-state index in [2.05, 4.69) is 55.8 Å². The number of likely N-dealkylation sites (tertiary alicyclic amines) is 1. The molecule has 24 heavy (non-hydrogen) atoms. The summed E-state index contributed by atoms with van der Waals surface area (Å²) in [6.07, 6.45) is 7.22. The molecule has 130 valence electrons. The molecule has 1 aliphatic rings. The van der Waals surface area contributed by atoms with E-state index >= 15 is 0 Å². The molecule has 1 fully saturated rings. The SMILES string of the molecule is Cc1nn(C(C)(C)C)cc1C(=O)N1CCCC[C@H]1c1cccn1C. The fourth-order valence-electron chi connectivity index (χ4n) is 3.47. The maximum Gasteiger partial charge on any atom is 0.257 e. The molecule has 1 atom stereocenters. The van der Waals surface area contributed by atoms with Crippen molar-refractivity contribution < 1.29 is 4.79 Å². The summed E-state index contributed by atoms with van der Waals surface area (Å²) in [6.45, 7) is 9.04. The minimum atomic E-state index is -0.122. The molecule has 1 aliphatic heterocycles. The zero-order chi connectivity index (χ0) is 17.5. The Hall–Kier alpha value is -2.04. The largest absolute Gasteiger partial charge is 0.353 e. The van der Waals surface area contributed by atoms with E-state index in [1.165, 1.54) is 12.1 Å². The first kappa shape index (κ1) is 16.8. The molecule has 0 N–H and O–H groups in total. The Balaban J connectivity index is 1.93. The molecular weight excluding hydrogens is 300 g/mol. The van der Waals surface area contributed by atoms with Crippen molar-refractivity contribution >= 4 is 5.91 Å². The van der Waals surface area contributed by atoms with Gasteiger partial charge in [0, 0.05) is 31.7 Å². The van der Waals surface area contributed by atoms with E-state index in [4.69, 9.17) is 0 Å². The van der Waals surface area contributed by atoms with E-state index < -0.39 is 0 Å². The second kappa shape index (κ2) is 6.11. The maximum absolute atomic E-state index is 13.2. The second-order valence-corrected chi connectivity index (χ2v) is 7.80. The highest BCUT2D eigenvalue weighted by atomic mass is 16.2.